The van der Waals surface area contributed by atoms with Gasteiger partial charge in [-0.25, -0.2) is 0 Å². The Hall–Kier alpha value is -1.02. The van der Waals surface area contributed by atoms with Crippen molar-refractivity contribution < 1.29 is 14.1 Å². The van der Waals surface area contributed by atoms with E-state index >= 15 is 0 Å². The second-order valence-electron chi connectivity index (χ2n) is 4.36. The zero-order valence-corrected chi connectivity index (χ0v) is 18.2. The van der Waals surface area contributed by atoms with Gasteiger partial charge in [-0.2, -0.15) is 0 Å². The van der Waals surface area contributed by atoms with Crippen LogP contribution in [-0.4, -0.2) is 0 Å². The highest BCUT2D eigenvalue weighted by Gasteiger charge is 1.85. The van der Waals surface area contributed by atoms with Crippen molar-refractivity contribution in [1.82, 2.24) is 0 Å². The summed E-state index contributed by atoms with van der Waals surface area (Å²) in [4.78, 5) is 2.48. The average molecular weight is 491 g/mol. The molecule has 0 unspecified atom stereocenters. The van der Waals surface area contributed by atoms with E-state index < -0.39 is 0 Å². The van der Waals surface area contributed by atoms with Crippen LogP contribution in [-0.2, 0) is 0 Å². The summed E-state index contributed by atoms with van der Waals surface area (Å²) in [5, 5.41) is 2.20. The summed E-state index contributed by atoms with van der Waals surface area (Å²) in [6, 6.07) is 21.5. The van der Waals surface area contributed by atoms with Crippen LogP contribution in [0.1, 0.15) is 0 Å². The van der Waals surface area contributed by atoms with Crippen LogP contribution in [0.15, 0.2) is 87.5 Å². The van der Waals surface area contributed by atoms with Gasteiger partial charge in [0.1, 0.15) is 0 Å². The standard InChI is InChI=1S/3C6H4ClS.3FH/c3*7-5-1-3-6(8)4-2-5;;;/h3*1-4H;3*1H. The van der Waals surface area contributed by atoms with E-state index in [0.29, 0.717) is 0 Å². The molecule has 27 heavy (non-hydrogen) atoms. The van der Waals surface area contributed by atoms with Crippen LogP contribution in [0, 0.1) is 0 Å². The molecule has 3 aromatic carbocycles. The van der Waals surface area contributed by atoms with Crippen molar-refractivity contribution in [2.45, 2.75) is 14.7 Å². The highest BCUT2D eigenvalue weighted by molar-refractivity contribution is 7.80. The molecule has 0 heterocycles. The zero-order chi connectivity index (χ0) is 17.9. The second-order valence-corrected chi connectivity index (χ2v) is 7.09. The maximum atomic E-state index is 5.57. The molecule has 0 atom stereocenters. The fourth-order valence-electron chi connectivity index (χ4n) is 1.30. The van der Waals surface area contributed by atoms with Gasteiger partial charge in [0.15, 0.2) is 0 Å². The molecule has 9 heteroatoms. The second kappa shape index (κ2) is 17.1. The first-order chi connectivity index (χ1) is 11.4. The van der Waals surface area contributed by atoms with Crippen LogP contribution in [0.3, 0.4) is 0 Å². The average Bonchev–Trinajstić information content (AvgIpc) is 2.57. The van der Waals surface area contributed by atoms with Crippen molar-refractivity contribution in [3.63, 3.8) is 0 Å². The van der Waals surface area contributed by atoms with Gasteiger partial charge in [-0.1, -0.05) is 72.7 Å². The van der Waals surface area contributed by atoms with Crippen LogP contribution in [0.25, 0.3) is 0 Å². The highest BCUT2D eigenvalue weighted by Crippen LogP contribution is 2.12. The van der Waals surface area contributed by atoms with Crippen molar-refractivity contribution in [3.8, 4) is 0 Å². The molecule has 0 spiro atoms. The van der Waals surface area contributed by atoms with E-state index in [9.17, 15) is 0 Å². The van der Waals surface area contributed by atoms with Crippen LogP contribution >= 0.6 is 72.7 Å². The molecule has 3 aromatic rings. The lowest BCUT2D eigenvalue weighted by Gasteiger charge is -1.86. The van der Waals surface area contributed by atoms with E-state index in [0.717, 1.165) is 29.8 Å². The number of halogens is 6. The van der Waals surface area contributed by atoms with E-state index in [-0.39, 0.29) is 14.1 Å². The molecule has 0 saturated heterocycles. The van der Waals surface area contributed by atoms with E-state index in [1.807, 2.05) is 0 Å². The van der Waals surface area contributed by atoms with E-state index in [2.05, 4.69) is 0 Å². The fraction of sp³-hybridized carbons (Fsp3) is 0. The van der Waals surface area contributed by atoms with E-state index in [4.69, 9.17) is 72.7 Å². The Morgan fingerprint density at radius 1 is 0.370 bits per heavy atom. The smallest absolute Gasteiger partial charge is 0.0406 e. The molecular weight excluding hydrogens is 476 g/mol. The minimum absolute atomic E-state index is 0. The summed E-state index contributed by atoms with van der Waals surface area (Å²) >= 11 is 31.1. The topological polar surface area (TPSA) is 0 Å². The first-order valence-corrected chi connectivity index (χ1v) is 9.00. The Bertz CT molecular complexity index is 559. The van der Waals surface area contributed by atoms with Gasteiger partial charge in [-0.3, -0.25) is 14.1 Å². The predicted molar refractivity (Wildman–Crippen MR) is 119 cm³/mol. The van der Waals surface area contributed by atoms with Crippen molar-refractivity contribution in [2.24, 2.45) is 0 Å². The third kappa shape index (κ3) is 15.7. The van der Waals surface area contributed by atoms with Gasteiger partial charge < -0.3 is 0 Å². The molecule has 3 rings (SSSR count). The Morgan fingerprint density at radius 2 is 0.519 bits per heavy atom. The summed E-state index contributed by atoms with van der Waals surface area (Å²) < 4.78 is 0. The first kappa shape index (κ1) is 30.7. The highest BCUT2D eigenvalue weighted by atomic mass is 35.5. The summed E-state index contributed by atoms with van der Waals surface area (Å²) in [5.74, 6) is 0. The third-order valence-electron chi connectivity index (χ3n) is 2.44. The lowest BCUT2D eigenvalue weighted by Crippen LogP contribution is -1.61. The minimum Gasteiger partial charge on any atom is -0.269 e. The maximum Gasteiger partial charge on any atom is 0.0406 e. The minimum atomic E-state index is 0. The molecule has 0 amide bonds. The van der Waals surface area contributed by atoms with E-state index in [1.54, 1.807) is 72.8 Å². The summed E-state index contributed by atoms with van der Waals surface area (Å²) in [7, 11) is 0. The van der Waals surface area contributed by atoms with Crippen molar-refractivity contribution in [2.75, 3.05) is 0 Å². The SMILES string of the molecule is F.F.F.[S]c1ccc(Cl)cc1.[S]c1ccc(Cl)cc1.[S]c1ccc(Cl)cc1. The van der Waals surface area contributed by atoms with Gasteiger partial charge in [0.2, 0.25) is 0 Å². The van der Waals surface area contributed by atoms with Gasteiger partial charge in [-0.05, 0) is 72.8 Å². The molecule has 3 radical (unpaired) electrons. The predicted octanol–water partition coefficient (Wildman–Crippen LogP) is 9.15. The van der Waals surface area contributed by atoms with Crippen LogP contribution in [0.2, 0.25) is 15.1 Å². The van der Waals surface area contributed by atoms with Crippen LogP contribution < -0.4 is 0 Å². The third-order valence-corrected chi connectivity index (χ3v) is 4.01. The van der Waals surface area contributed by atoms with Crippen molar-refractivity contribution in [3.05, 3.63) is 87.9 Å². The molecule has 0 saturated carbocycles. The van der Waals surface area contributed by atoms with Crippen molar-refractivity contribution in [1.29, 1.82) is 0 Å². The lowest BCUT2D eigenvalue weighted by atomic mass is 10.4. The molecule has 0 N–H and O–H groups in total. The quantitative estimate of drug-likeness (QED) is 0.295. The maximum absolute atomic E-state index is 5.57. The zero-order valence-electron chi connectivity index (χ0n) is 13.5. The van der Waals surface area contributed by atoms with Crippen molar-refractivity contribution >= 4 is 72.7 Å². The summed E-state index contributed by atoms with van der Waals surface area (Å²) in [6.45, 7) is 0. The number of rotatable bonds is 0. The van der Waals surface area contributed by atoms with Gasteiger partial charge in [0.05, 0.1) is 0 Å². The molecule has 0 bridgehead atoms. The Labute approximate surface area is 188 Å². The molecule has 0 aromatic heterocycles. The fourth-order valence-corrected chi connectivity index (χ4v) is 2.09. The summed E-state index contributed by atoms with van der Waals surface area (Å²) in [6.07, 6.45) is 0. The molecule has 0 fully saturated rings. The van der Waals surface area contributed by atoms with Gasteiger partial charge in [0, 0.05) is 29.8 Å². The van der Waals surface area contributed by atoms with Gasteiger partial charge >= 0.3 is 0 Å². The summed E-state index contributed by atoms with van der Waals surface area (Å²) in [5.41, 5.74) is 0. The largest absolute Gasteiger partial charge is 0.269 e. The Kier molecular flexibility index (Phi) is 19.4. The van der Waals surface area contributed by atoms with Crippen LogP contribution in [0.5, 0.6) is 0 Å². The molecule has 0 aliphatic carbocycles. The Morgan fingerprint density at radius 3 is 0.630 bits per heavy atom. The Balaban J connectivity index is -0.000000303. The van der Waals surface area contributed by atoms with E-state index in [1.165, 1.54) is 0 Å². The molecular formula is C18H15Cl3F3S3. The van der Waals surface area contributed by atoms with Crippen LogP contribution in [0.4, 0.5) is 14.1 Å². The van der Waals surface area contributed by atoms with Gasteiger partial charge in [-0.15, -0.1) is 0 Å². The van der Waals surface area contributed by atoms with Gasteiger partial charge in [0.25, 0.3) is 0 Å². The number of benzene rings is 3. The number of hydrogen-bond acceptors (Lipinski definition) is 0. The normalized spacial score (nSPS) is 8.11. The molecule has 0 aliphatic heterocycles. The monoisotopic (exact) mass is 489 g/mol. The molecule has 0 aliphatic rings. The number of hydrogen-bond donors (Lipinski definition) is 0. The molecule has 0 nitrogen and oxygen atoms in total. The first-order valence-electron chi connectivity index (χ1n) is 6.64. The lowest BCUT2D eigenvalue weighted by molar-refractivity contribution is 1.11. The molecule has 147 valence electrons.